The third-order valence-corrected chi connectivity index (χ3v) is 7.78. The second kappa shape index (κ2) is 12.2. The van der Waals surface area contributed by atoms with E-state index in [1.165, 1.54) is 12.5 Å². The standard InChI is InChI=1S/C29H39ClFN3O2/c1-7-8-9-23(20-10-12-22(13-11-20)34(5)6)24-14-21(30)15-25(17(24)2)28(35)32-16-26-18(3)27(31)19(4)33-29(26)36/h9,14-15,20,22H,7-8,10-13,16H2,1-6H3,(H,32,35)(H,33,36)/b23-9-. The van der Waals surface area contributed by atoms with Crippen molar-refractivity contribution in [2.24, 2.45) is 5.92 Å². The average Bonchev–Trinajstić information content (AvgIpc) is 2.84. The van der Waals surface area contributed by atoms with Gasteiger partial charge in [0.2, 0.25) is 0 Å². The number of benzene rings is 1. The molecule has 1 saturated carbocycles. The van der Waals surface area contributed by atoms with E-state index in [1.807, 2.05) is 13.0 Å². The number of hydrogen-bond acceptors (Lipinski definition) is 3. The molecule has 0 radical (unpaired) electrons. The molecule has 1 aliphatic rings. The van der Waals surface area contributed by atoms with Crippen molar-refractivity contribution in [2.45, 2.75) is 78.8 Å². The van der Waals surface area contributed by atoms with Gasteiger partial charge in [0.05, 0.1) is 5.69 Å². The predicted octanol–water partition coefficient (Wildman–Crippen LogP) is 6.33. The molecule has 0 bridgehead atoms. The number of nitrogens with zero attached hydrogens (tertiary/aromatic N) is 1. The Labute approximate surface area is 219 Å². The first-order valence-electron chi connectivity index (χ1n) is 12.9. The number of nitrogens with one attached hydrogen (secondary N) is 2. The average molecular weight is 516 g/mol. The second-order valence-electron chi connectivity index (χ2n) is 10.2. The summed E-state index contributed by atoms with van der Waals surface area (Å²) in [7, 11) is 4.29. The second-order valence-corrected chi connectivity index (χ2v) is 10.7. The van der Waals surface area contributed by atoms with Gasteiger partial charge in [-0.25, -0.2) is 4.39 Å². The highest BCUT2D eigenvalue weighted by Crippen LogP contribution is 2.39. The van der Waals surface area contributed by atoms with E-state index in [0.29, 0.717) is 22.5 Å². The minimum absolute atomic E-state index is 0.0639. The topological polar surface area (TPSA) is 65.2 Å². The Morgan fingerprint density at radius 3 is 2.39 bits per heavy atom. The fraction of sp³-hybridized carbons (Fsp3) is 0.517. The van der Waals surface area contributed by atoms with Crippen molar-refractivity contribution in [2.75, 3.05) is 14.1 Å². The summed E-state index contributed by atoms with van der Waals surface area (Å²) in [6.07, 6.45) is 8.84. The Hall–Kier alpha value is -2.44. The van der Waals surface area contributed by atoms with Gasteiger partial charge >= 0.3 is 0 Å². The highest BCUT2D eigenvalue weighted by molar-refractivity contribution is 6.31. The number of carbonyl (C=O) groups excluding carboxylic acids is 1. The summed E-state index contributed by atoms with van der Waals surface area (Å²) in [5.74, 6) is -0.366. The van der Waals surface area contributed by atoms with Gasteiger partial charge < -0.3 is 15.2 Å². The number of hydrogen-bond donors (Lipinski definition) is 2. The quantitative estimate of drug-likeness (QED) is 0.432. The predicted molar refractivity (Wildman–Crippen MR) is 146 cm³/mol. The zero-order valence-corrected chi connectivity index (χ0v) is 23.1. The van der Waals surface area contributed by atoms with Gasteiger partial charge in [-0.1, -0.05) is 31.0 Å². The molecule has 0 aliphatic heterocycles. The number of allylic oxidation sites excluding steroid dienone is 2. The Bertz CT molecular complexity index is 1190. The molecule has 196 valence electrons. The molecule has 0 atom stereocenters. The normalized spacial score (nSPS) is 18.5. The van der Waals surface area contributed by atoms with Crippen molar-refractivity contribution in [1.29, 1.82) is 0 Å². The number of halogens is 2. The number of rotatable bonds is 8. The molecule has 36 heavy (non-hydrogen) atoms. The lowest BCUT2D eigenvalue weighted by Gasteiger charge is -2.34. The van der Waals surface area contributed by atoms with E-state index in [9.17, 15) is 14.0 Å². The fourth-order valence-corrected chi connectivity index (χ4v) is 5.49. The number of H-pyrrole nitrogens is 1. The Kier molecular flexibility index (Phi) is 9.53. The van der Waals surface area contributed by atoms with Crippen LogP contribution in [-0.4, -0.2) is 35.9 Å². The van der Waals surface area contributed by atoms with Crippen LogP contribution >= 0.6 is 11.6 Å². The number of aromatic amines is 1. The molecular formula is C29H39ClFN3O2. The van der Waals surface area contributed by atoms with Crippen molar-refractivity contribution >= 4 is 23.1 Å². The number of carbonyl (C=O) groups is 1. The van der Waals surface area contributed by atoms with Gasteiger partial charge in [0, 0.05) is 28.7 Å². The van der Waals surface area contributed by atoms with Crippen molar-refractivity contribution in [1.82, 2.24) is 15.2 Å². The molecule has 0 saturated heterocycles. The molecule has 5 nitrogen and oxygen atoms in total. The van der Waals surface area contributed by atoms with E-state index in [-0.39, 0.29) is 29.3 Å². The molecule has 0 spiro atoms. The van der Waals surface area contributed by atoms with E-state index in [4.69, 9.17) is 11.6 Å². The van der Waals surface area contributed by atoms with Gasteiger partial charge in [0.15, 0.2) is 0 Å². The summed E-state index contributed by atoms with van der Waals surface area (Å²) in [6, 6.07) is 4.24. The molecule has 1 heterocycles. The van der Waals surface area contributed by atoms with Crippen LogP contribution in [0.5, 0.6) is 0 Å². The molecule has 1 aromatic heterocycles. The van der Waals surface area contributed by atoms with Crippen LogP contribution in [0.3, 0.4) is 0 Å². The van der Waals surface area contributed by atoms with E-state index < -0.39 is 11.4 Å². The first kappa shape index (κ1) is 28.1. The molecule has 2 aromatic rings. The molecule has 1 aromatic carbocycles. The Balaban J connectivity index is 1.90. The van der Waals surface area contributed by atoms with Crippen LogP contribution in [-0.2, 0) is 6.54 Å². The molecule has 1 fully saturated rings. The molecule has 3 rings (SSSR count). The number of aryl methyl sites for hydroxylation is 1. The summed E-state index contributed by atoms with van der Waals surface area (Å²) in [4.78, 5) is 30.4. The highest BCUT2D eigenvalue weighted by atomic mass is 35.5. The van der Waals surface area contributed by atoms with Gasteiger partial charge in [0.1, 0.15) is 5.82 Å². The maximum Gasteiger partial charge on any atom is 0.253 e. The van der Waals surface area contributed by atoms with Crippen LogP contribution in [0.1, 0.15) is 83.8 Å². The number of unbranched alkanes of at least 4 members (excludes halogenated alkanes) is 1. The zero-order chi connectivity index (χ0) is 26.6. The molecule has 1 aliphatic carbocycles. The van der Waals surface area contributed by atoms with E-state index in [2.05, 4.69) is 42.3 Å². The minimum Gasteiger partial charge on any atom is -0.348 e. The molecular weight excluding hydrogens is 477 g/mol. The zero-order valence-electron chi connectivity index (χ0n) is 22.4. The molecule has 2 N–H and O–H groups in total. The first-order valence-corrected chi connectivity index (χ1v) is 13.3. The number of pyridine rings is 1. The van der Waals surface area contributed by atoms with Gasteiger partial charge in [-0.15, -0.1) is 0 Å². The van der Waals surface area contributed by atoms with Crippen LogP contribution in [0, 0.1) is 32.5 Å². The lowest BCUT2D eigenvalue weighted by molar-refractivity contribution is 0.0950. The summed E-state index contributed by atoms with van der Waals surface area (Å²) in [5, 5.41) is 3.31. The van der Waals surface area contributed by atoms with Crippen molar-refractivity contribution in [3.8, 4) is 0 Å². The Morgan fingerprint density at radius 2 is 1.78 bits per heavy atom. The third-order valence-electron chi connectivity index (χ3n) is 7.56. The SMILES string of the molecule is CCC/C=C(\c1cc(Cl)cc(C(=O)NCc2c(C)c(F)c(C)[nH]c2=O)c1C)C1CCC(N(C)C)CC1. The molecule has 1 amide bonds. The van der Waals surface area contributed by atoms with Crippen molar-refractivity contribution in [3.63, 3.8) is 0 Å². The van der Waals surface area contributed by atoms with Crippen LogP contribution < -0.4 is 10.9 Å². The van der Waals surface area contributed by atoms with Crippen LogP contribution in [0.2, 0.25) is 5.02 Å². The highest BCUT2D eigenvalue weighted by Gasteiger charge is 2.27. The summed E-state index contributed by atoms with van der Waals surface area (Å²) >= 11 is 6.54. The number of aromatic nitrogens is 1. The van der Waals surface area contributed by atoms with Crippen molar-refractivity contribution < 1.29 is 9.18 Å². The smallest absolute Gasteiger partial charge is 0.253 e. The monoisotopic (exact) mass is 515 g/mol. The van der Waals surface area contributed by atoms with E-state index >= 15 is 0 Å². The van der Waals surface area contributed by atoms with Crippen molar-refractivity contribution in [3.05, 3.63) is 72.9 Å². The van der Waals surface area contributed by atoms with Crippen LogP contribution in [0.4, 0.5) is 4.39 Å². The summed E-state index contributed by atoms with van der Waals surface area (Å²) in [6.45, 7) is 7.12. The van der Waals surface area contributed by atoms with E-state index in [1.54, 1.807) is 13.0 Å². The van der Waals surface area contributed by atoms with Gasteiger partial charge in [-0.2, -0.15) is 0 Å². The molecule has 7 heteroatoms. The first-order chi connectivity index (χ1) is 17.0. The van der Waals surface area contributed by atoms with Gasteiger partial charge in [-0.3, -0.25) is 9.59 Å². The van der Waals surface area contributed by atoms with Crippen LogP contribution in [0.15, 0.2) is 23.0 Å². The van der Waals surface area contributed by atoms with E-state index in [0.717, 1.165) is 49.7 Å². The largest absolute Gasteiger partial charge is 0.348 e. The van der Waals surface area contributed by atoms with Gasteiger partial charge in [0.25, 0.3) is 11.5 Å². The van der Waals surface area contributed by atoms with Gasteiger partial charge in [-0.05, 0) is 107 Å². The lowest BCUT2D eigenvalue weighted by atomic mass is 9.77. The lowest BCUT2D eigenvalue weighted by Crippen LogP contribution is -2.32. The maximum absolute atomic E-state index is 14.3. The summed E-state index contributed by atoms with van der Waals surface area (Å²) < 4.78 is 14.3. The number of amides is 1. The van der Waals surface area contributed by atoms with Crippen LogP contribution in [0.25, 0.3) is 5.57 Å². The third kappa shape index (κ3) is 6.27. The minimum atomic E-state index is -0.463. The molecule has 0 unspecified atom stereocenters. The summed E-state index contributed by atoms with van der Waals surface area (Å²) in [5.41, 5.74) is 3.90. The maximum atomic E-state index is 14.3. The Morgan fingerprint density at radius 1 is 1.14 bits per heavy atom. The fourth-order valence-electron chi connectivity index (χ4n) is 5.28.